The first-order chi connectivity index (χ1) is 9.44. The van der Waals surface area contributed by atoms with Crippen molar-refractivity contribution in [1.82, 2.24) is 0 Å². The van der Waals surface area contributed by atoms with Crippen LogP contribution in [0.15, 0.2) is 24.3 Å². The third-order valence-electron chi connectivity index (χ3n) is 4.60. The van der Waals surface area contributed by atoms with Crippen molar-refractivity contribution in [1.29, 1.82) is 0 Å². The molecule has 1 aromatic rings. The fourth-order valence-corrected chi connectivity index (χ4v) is 2.31. The standard InChI is InChI=1S/C17H27BO3/c1-15(2,3)14(19)12-8-10-13(11-9-12)18-20-16(4,5)17(6,7)21-18/h8-11,14,19H,1-7H3. The van der Waals surface area contributed by atoms with E-state index in [0.717, 1.165) is 11.0 Å². The summed E-state index contributed by atoms with van der Waals surface area (Å²) in [6, 6.07) is 7.87. The molecule has 1 atom stereocenters. The van der Waals surface area contributed by atoms with Crippen LogP contribution in [0.1, 0.15) is 60.1 Å². The van der Waals surface area contributed by atoms with Crippen LogP contribution in [-0.4, -0.2) is 23.4 Å². The molecule has 1 aliphatic rings. The lowest BCUT2D eigenvalue weighted by Gasteiger charge is -2.32. The summed E-state index contributed by atoms with van der Waals surface area (Å²) in [5.74, 6) is 0. The highest BCUT2D eigenvalue weighted by Crippen LogP contribution is 2.37. The van der Waals surface area contributed by atoms with Crippen LogP contribution >= 0.6 is 0 Å². The summed E-state index contributed by atoms with van der Waals surface area (Å²) in [6.45, 7) is 14.3. The van der Waals surface area contributed by atoms with Crippen LogP contribution in [0, 0.1) is 5.41 Å². The highest BCUT2D eigenvalue weighted by molar-refractivity contribution is 6.62. The van der Waals surface area contributed by atoms with Gasteiger partial charge in [0.05, 0.1) is 17.3 Å². The maximum atomic E-state index is 10.3. The van der Waals surface area contributed by atoms with E-state index in [1.807, 2.05) is 72.7 Å². The first-order valence-corrected chi connectivity index (χ1v) is 7.58. The molecule has 116 valence electrons. The molecule has 0 amide bonds. The summed E-state index contributed by atoms with van der Waals surface area (Å²) in [6.07, 6.45) is -0.482. The smallest absolute Gasteiger partial charge is 0.399 e. The van der Waals surface area contributed by atoms with Crippen molar-refractivity contribution in [3.05, 3.63) is 29.8 Å². The van der Waals surface area contributed by atoms with Crippen molar-refractivity contribution in [2.75, 3.05) is 0 Å². The predicted molar refractivity (Wildman–Crippen MR) is 86.6 cm³/mol. The molecule has 1 N–H and O–H groups in total. The molecule has 0 aromatic heterocycles. The number of aliphatic hydroxyl groups is 1. The molecule has 21 heavy (non-hydrogen) atoms. The van der Waals surface area contributed by atoms with E-state index >= 15 is 0 Å². The average molecular weight is 290 g/mol. The highest BCUT2D eigenvalue weighted by atomic mass is 16.7. The first kappa shape index (κ1) is 16.5. The molecule has 3 nitrogen and oxygen atoms in total. The van der Waals surface area contributed by atoms with Crippen LogP contribution in [0.2, 0.25) is 0 Å². The Labute approximate surface area is 128 Å². The Morgan fingerprint density at radius 3 is 1.76 bits per heavy atom. The number of benzene rings is 1. The molecule has 1 heterocycles. The van der Waals surface area contributed by atoms with Gasteiger partial charge in [-0.15, -0.1) is 0 Å². The Hall–Kier alpha value is -0.835. The molecule has 0 aliphatic carbocycles. The zero-order valence-electron chi connectivity index (χ0n) is 14.2. The van der Waals surface area contributed by atoms with Crippen molar-refractivity contribution in [3.8, 4) is 0 Å². The minimum absolute atomic E-state index is 0.175. The summed E-state index contributed by atoms with van der Waals surface area (Å²) in [5, 5.41) is 10.3. The Balaban J connectivity index is 2.18. The minimum atomic E-state index is -0.482. The maximum Gasteiger partial charge on any atom is 0.494 e. The van der Waals surface area contributed by atoms with E-state index in [1.165, 1.54) is 0 Å². The normalized spacial score (nSPS) is 22.4. The second-order valence-corrected chi connectivity index (χ2v) is 8.02. The van der Waals surface area contributed by atoms with Gasteiger partial charge in [-0.2, -0.15) is 0 Å². The van der Waals surface area contributed by atoms with Gasteiger partial charge >= 0.3 is 7.12 Å². The molecule has 0 radical (unpaired) electrons. The molecule has 1 aromatic carbocycles. The fraction of sp³-hybridized carbons (Fsp3) is 0.647. The van der Waals surface area contributed by atoms with Gasteiger partial charge in [-0.3, -0.25) is 0 Å². The molecule has 4 heteroatoms. The molecule has 1 aliphatic heterocycles. The van der Waals surface area contributed by atoms with E-state index < -0.39 is 6.10 Å². The first-order valence-electron chi connectivity index (χ1n) is 7.58. The van der Waals surface area contributed by atoms with Crippen molar-refractivity contribution < 1.29 is 14.4 Å². The number of rotatable bonds is 2. The third-order valence-corrected chi connectivity index (χ3v) is 4.60. The van der Waals surface area contributed by atoms with Gasteiger partial charge in [-0.25, -0.2) is 0 Å². The quantitative estimate of drug-likeness (QED) is 0.851. The van der Waals surface area contributed by atoms with E-state index in [-0.39, 0.29) is 23.7 Å². The molecule has 1 fully saturated rings. The molecule has 1 unspecified atom stereocenters. The van der Waals surface area contributed by atoms with E-state index in [1.54, 1.807) is 0 Å². The SMILES string of the molecule is CC(C)(C)C(O)c1ccc(B2OC(C)(C)C(C)(C)O2)cc1. The summed E-state index contributed by atoms with van der Waals surface area (Å²) in [4.78, 5) is 0. The maximum absolute atomic E-state index is 10.3. The third kappa shape index (κ3) is 3.18. The van der Waals surface area contributed by atoms with Crippen LogP contribution in [0.4, 0.5) is 0 Å². The molecular weight excluding hydrogens is 263 g/mol. The number of hydrogen-bond donors (Lipinski definition) is 1. The van der Waals surface area contributed by atoms with E-state index in [9.17, 15) is 5.11 Å². The lowest BCUT2D eigenvalue weighted by Crippen LogP contribution is -2.41. The topological polar surface area (TPSA) is 38.7 Å². The van der Waals surface area contributed by atoms with Gasteiger partial charge in [0.25, 0.3) is 0 Å². The van der Waals surface area contributed by atoms with Gasteiger partial charge in [-0.1, -0.05) is 45.0 Å². The Kier molecular flexibility index (Phi) is 4.03. The molecule has 0 spiro atoms. The lowest BCUT2D eigenvalue weighted by molar-refractivity contribution is 0.00578. The monoisotopic (exact) mass is 290 g/mol. The highest BCUT2D eigenvalue weighted by Gasteiger charge is 2.51. The summed E-state index contributed by atoms with van der Waals surface area (Å²) >= 11 is 0. The Morgan fingerprint density at radius 1 is 0.952 bits per heavy atom. The number of hydrogen-bond acceptors (Lipinski definition) is 3. The van der Waals surface area contributed by atoms with Crippen LogP contribution in [0.25, 0.3) is 0 Å². The van der Waals surface area contributed by atoms with E-state index in [4.69, 9.17) is 9.31 Å². The van der Waals surface area contributed by atoms with E-state index in [2.05, 4.69) is 0 Å². The molecule has 0 saturated carbocycles. The Bertz CT molecular complexity index is 484. The zero-order valence-corrected chi connectivity index (χ0v) is 14.2. The van der Waals surface area contributed by atoms with Gasteiger partial charge in [0, 0.05) is 0 Å². The van der Waals surface area contributed by atoms with Gasteiger partial charge in [0.2, 0.25) is 0 Å². The molecule has 0 bridgehead atoms. The number of aliphatic hydroxyl groups excluding tert-OH is 1. The van der Waals surface area contributed by atoms with E-state index in [0.29, 0.717) is 0 Å². The lowest BCUT2D eigenvalue weighted by atomic mass is 9.77. The van der Waals surface area contributed by atoms with Crippen LogP contribution < -0.4 is 5.46 Å². The summed E-state index contributed by atoms with van der Waals surface area (Å²) in [7, 11) is -0.351. The van der Waals surface area contributed by atoms with Crippen LogP contribution in [0.3, 0.4) is 0 Å². The molecule has 2 rings (SSSR count). The fourth-order valence-electron chi connectivity index (χ4n) is 2.31. The van der Waals surface area contributed by atoms with Gasteiger partial charge < -0.3 is 14.4 Å². The van der Waals surface area contributed by atoms with Crippen molar-refractivity contribution in [3.63, 3.8) is 0 Å². The second kappa shape index (κ2) is 5.11. The minimum Gasteiger partial charge on any atom is -0.399 e. The van der Waals surface area contributed by atoms with Crippen molar-refractivity contribution >= 4 is 12.6 Å². The largest absolute Gasteiger partial charge is 0.494 e. The van der Waals surface area contributed by atoms with Crippen LogP contribution in [0.5, 0.6) is 0 Å². The summed E-state index contributed by atoms with van der Waals surface area (Å²) in [5.41, 5.74) is 1.07. The molecule has 1 saturated heterocycles. The van der Waals surface area contributed by atoms with Gasteiger partial charge in [0.1, 0.15) is 0 Å². The summed E-state index contributed by atoms with van der Waals surface area (Å²) < 4.78 is 12.1. The van der Waals surface area contributed by atoms with Crippen molar-refractivity contribution in [2.24, 2.45) is 5.41 Å². The van der Waals surface area contributed by atoms with Crippen molar-refractivity contribution in [2.45, 2.75) is 65.8 Å². The average Bonchev–Trinajstić information content (AvgIpc) is 2.57. The Morgan fingerprint density at radius 2 is 1.38 bits per heavy atom. The van der Waals surface area contributed by atoms with Crippen LogP contribution in [-0.2, 0) is 9.31 Å². The predicted octanol–water partition coefficient (Wildman–Crippen LogP) is 3.07. The van der Waals surface area contributed by atoms with Gasteiger partial charge in [-0.05, 0) is 44.1 Å². The molecular formula is C17H27BO3. The van der Waals surface area contributed by atoms with Gasteiger partial charge in [0.15, 0.2) is 0 Å². The zero-order chi connectivity index (χ0) is 16.1. The second-order valence-electron chi connectivity index (χ2n) is 8.02.